The van der Waals surface area contributed by atoms with E-state index in [0.717, 1.165) is 17.7 Å². The molecule has 0 aliphatic heterocycles. The molecule has 0 aromatic carbocycles. The molecule has 0 N–H and O–H groups in total. The third-order valence-electron chi connectivity index (χ3n) is 3.63. The fourth-order valence-electron chi connectivity index (χ4n) is 2.18. The number of halogens is 1. The molecule has 1 heterocycles. The standard InChI is InChI=1S/C13H20BrN3O2S/c1-16(2)20(18,19)12-6-7-13(15-10-12)17(9-8-14)11-4-3-5-11/h6-7,10-11H,3-5,8-9H2,1-2H3. The summed E-state index contributed by atoms with van der Waals surface area (Å²) in [6.07, 6.45) is 5.08. The number of pyridine rings is 1. The van der Waals surface area contributed by atoms with Gasteiger partial charge in [0.25, 0.3) is 0 Å². The van der Waals surface area contributed by atoms with Crippen molar-refractivity contribution in [2.75, 3.05) is 30.9 Å². The Bertz CT molecular complexity index is 541. The van der Waals surface area contributed by atoms with Crippen molar-refractivity contribution in [3.05, 3.63) is 18.3 Å². The van der Waals surface area contributed by atoms with Crippen LogP contribution in [0.1, 0.15) is 19.3 Å². The molecule has 0 radical (unpaired) electrons. The molecule has 1 fully saturated rings. The van der Waals surface area contributed by atoms with Crippen molar-refractivity contribution in [3.8, 4) is 0 Å². The summed E-state index contributed by atoms with van der Waals surface area (Å²) >= 11 is 3.46. The van der Waals surface area contributed by atoms with Gasteiger partial charge in [-0.15, -0.1) is 0 Å². The van der Waals surface area contributed by atoms with Gasteiger partial charge in [0.2, 0.25) is 10.0 Å². The molecule has 1 saturated carbocycles. The van der Waals surface area contributed by atoms with Crippen LogP contribution >= 0.6 is 15.9 Å². The third kappa shape index (κ3) is 3.15. The number of alkyl halides is 1. The monoisotopic (exact) mass is 361 g/mol. The molecular formula is C13H20BrN3O2S. The van der Waals surface area contributed by atoms with E-state index in [9.17, 15) is 8.42 Å². The lowest BCUT2D eigenvalue weighted by Gasteiger charge is -2.38. The lowest BCUT2D eigenvalue weighted by molar-refractivity contribution is 0.389. The first-order valence-electron chi connectivity index (χ1n) is 6.68. The first kappa shape index (κ1) is 15.7. The molecule has 0 amide bonds. The largest absolute Gasteiger partial charge is 0.353 e. The molecular weight excluding hydrogens is 342 g/mol. The van der Waals surface area contributed by atoms with Crippen LogP contribution in [0.2, 0.25) is 0 Å². The summed E-state index contributed by atoms with van der Waals surface area (Å²) in [5, 5.41) is 0.878. The van der Waals surface area contributed by atoms with Crippen LogP contribution < -0.4 is 4.90 Å². The van der Waals surface area contributed by atoms with E-state index >= 15 is 0 Å². The van der Waals surface area contributed by atoms with E-state index in [0.29, 0.717) is 6.04 Å². The number of hydrogen-bond acceptors (Lipinski definition) is 4. The smallest absolute Gasteiger partial charge is 0.244 e. The van der Waals surface area contributed by atoms with Crippen molar-refractivity contribution < 1.29 is 8.42 Å². The topological polar surface area (TPSA) is 53.5 Å². The van der Waals surface area contributed by atoms with E-state index in [4.69, 9.17) is 0 Å². The Labute approximate surface area is 129 Å². The number of hydrogen-bond donors (Lipinski definition) is 0. The molecule has 0 spiro atoms. The van der Waals surface area contributed by atoms with Gasteiger partial charge in [-0.25, -0.2) is 17.7 Å². The van der Waals surface area contributed by atoms with Crippen LogP contribution in [0.4, 0.5) is 5.82 Å². The predicted molar refractivity (Wildman–Crippen MR) is 83.9 cm³/mol. The Morgan fingerprint density at radius 2 is 2.05 bits per heavy atom. The SMILES string of the molecule is CN(C)S(=O)(=O)c1ccc(N(CCBr)C2CCC2)nc1. The Kier molecular flexibility index (Phi) is 5.04. The van der Waals surface area contributed by atoms with Crippen LogP contribution in [0.25, 0.3) is 0 Å². The second kappa shape index (κ2) is 6.41. The van der Waals surface area contributed by atoms with Gasteiger partial charge in [-0.2, -0.15) is 0 Å². The molecule has 1 aromatic rings. The van der Waals surface area contributed by atoms with Gasteiger partial charge in [0.05, 0.1) is 0 Å². The highest BCUT2D eigenvalue weighted by Crippen LogP contribution is 2.29. The van der Waals surface area contributed by atoms with Crippen molar-refractivity contribution in [2.45, 2.75) is 30.2 Å². The Balaban J connectivity index is 2.22. The van der Waals surface area contributed by atoms with E-state index in [1.54, 1.807) is 12.1 Å². The minimum atomic E-state index is -3.40. The third-order valence-corrected chi connectivity index (χ3v) is 5.79. The molecule has 0 unspecified atom stereocenters. The summed E-state index contributed by atoms with van der Waals surface area (Å²) in [5.41, 5.74) is 0. The summed E-state index contributed by atoms with van der Waals surface area (Å²) in [4.78, 5) is 6.84. The van der Waals surface area contributed by atoms with E-state index in [-0.39, 0.29) is 4.90 Å². The maximum atomic E-state index is 12.0. The number of sulfonamides is 1. The summed E-state index contributed by atoms with van der Waals surface area (Å²) in [7, 11) is -0.355. The summed E-state index contributed by atoms with van der Waals surface area (Å²) in [6, 6.07) is 3.98. The van der Waals surface area contributed by atoms with Crippen molar-refractivity contribution in [2.24, 2.45) is 0 Å². The quantitative estimate of drug-likeness (QED) is 0.728. The normalized spacial score (nSPS) is 16.2. The van der Waals surface area contributed by atoms with Crippen LogP contribution in [0.15, 0.2) is 23.2 Å². The maximum Gasteiger partial charge on any atom is 0.244 e. The molecule has 1 aromatic heterocycles. The van der Waals surface area contributed by atoms with Crippen molar-refractivity contribution >= 4 is 31.8 Å². The fraction of sp³-hybridized carbons (Fsp3) is 0.615. The second-order valence-electron chi connectivity index (χ2n) is 5.11. The zero-order valence-corrected chi connectivity index (χ0v) is 14.2. The van der Waals surface area contributed by atoms with E-state index < -0.39 is 10.0 Å². The van der Waals surface area contributed by atoms with Gasteiger partial charge < -0.3 is 4.90 Å². The van der Waals surface area contributed by atoms with Crippen LogP contribution in [0.3, 0.4) is 0 Å². The van der Waals surface area contributed by atoms with Crippen LogP contribution in [-0.2, 0) is 10.0 Å². The molecule has 0 atom stereocenters. The van der Waals surface area contributed by atoms with Crippen LogP contribution in [-0.4, -0.2) is 49.7 Å². The van der Waals surface area contributed by atoms with Gasteiger partial charge >= 0.3 is 0 Å². The zero-order valence-electron chi connectivity index (χ0n) is 11.8. The number of aromatic nitrogens is 1. The van der Waals surface area contributed by atoms with Crippen LogP contribution in [0.5, 0.6) is 0 Å². The van der Waals surface area contributed by atoms with Crippen molar-refractivity contribution in [3.63, 3.8) is 0 Å². The van der Waals surface area contributed by atoms with Gasteiger partial charge in [-0.05, 0) is 31.4 Å². The average molecular weight is 362 g/mol. The predicted octanol–water partition coefficient (Wildman–Crippen LogP) is 2.09. The van der Waals surface area contributed by atoms with Crippen LogP contribution in [0, 0.1) is 0 Å². The lowest BCUT2D eigenvalue weighted by Crippen LogP contribution is -2.41. The Hall–Kier alpha value is -0.660. The Morgan fingerprint density at radius 1 is 1.35 bits per heavy atom. The van der Waals surface area contributed by atoms with Gasteiger partial charge in [0, 0.05) is 38.2 Å². The molecule has 1 aliphatic rings. The van der Waals surface area contributed by atoms with E-state index in [1.807, 2.05) is 0 Å². The van der Waals surface area contributed by atoms with Crippen molar-refractivity contribution in [1.29, 1.82) is 0 Å². The highest BCUT2D eigenvalue weighted by atomic mass is 79.9. The minimum absolute atomic E-state index is 0.235. The van der Waals surface area contributed by atoms with E-state index in [1.165, 1.54) is 43.9 Å². The number of rotatable bonds is 6. The van der Waals surface area contributed by atoms with Gasteiger partial charge in [0.15, 0.2) is 0 Å². The van der Waals surface area contributed by atoms with Crippen molar-refractivity contribution in [1.82, 2.24) is 9.29 Å². The first-order valence-corrected chi connectivity index (χ1v) is 9.24. The summed E-state index contributed by atoms with van der Waals surface area (Å²) in [5.74, 6) is 0.854. The highest BCUT2D eigenvalue weighted by Gasteiger charge is 2.26. The maximum absolute atomic E-state index is 12.0. The molecule has 7 heteroatoms. The first-order chi connectivity index (χ1) is 9.46. The molecule has 0 bridgehead atoms. The molecule has 0 saturated heterocycles. The highest BCUT2D eigenvalue weighted by molar-refractivity contribution is 9.09. The zero-order chi connectivity index (χ0) is 14.8. The van der Waals surface area contributed by atoms with E-state index in [2.05, 4.69) is 25.8 Å². The van der Waals surface area contributed by atoms with Gasteiger partial charge in [-0.3, -0.25) is 0 Å². The molecule has 1 aliphatic carbocycles. The molecule has 2 rings (SSSR count). The number of anilines is 1. The molecule has 5 nitrogen and oxygen atoms in total. The minimum Gasteiger partial charge on any atom is -0.353 e. The van der Waals surface area contributed by atoms with Gasteiger partial charge in [0.1, 0.15) is 10.7 Å². The second-order valence-corrected chi connectivity index (χ2v) is 8.05. The van der Waals surface area contributed by atoms with Gasteiger partial charge in [-0.1, -0.05) is 15.9 Å². The number of nitrogens with zero attached hydrogens (tertiary/aromatic N) is 3. The average Bonchev–Trinajstić information content (AvgIpc) is 2.36. The summed E-state index contributed by atoms with van der Waals surface area (Å²) in [6.45, 7) is 0.886. The lowest BCUT2D eigenvalue weighted by atomic mass is 9.91. The Morgan fingerprint density at radius 3 is 2.45 bits per heavy atom. The fourth-order valence-corrected chi connectivity index (χ4v) is 3.41. The molecule has 112 valence electrons. The summed E-state index contributed by atoms with van der Waals surface area (Å²) < 4.78 is 25.2. The molecule has 20 heavy (non-hydrogen) atoms.